The van der Waals surface area contributed by atoms with Gasteiger partial charge in [0.05, 0.1) is 0 Å². The number of hydrogen-bond donors (Lipinski definition) is 3. The van der Waals surface area contributed by atoms with E-state index < -0.39 is 0 Å². The minimum atomic E-state index is 0.462. The summed E-state index contributed by atoms with van der Waals surface area (Å²) in [6, 6.07) is 0. The number of aromatic amines is 1. The Labute approximate surface area is 60.1 Å². The lowest BCUT2D eigenvalue weighted by atomic mass is 10.6. The molecule has 0 unspecified atom stereocenters. The highest BCUT2D eigenvalue weighted by Gasteiger charge is 2.05. The fraction of sp³-hybridized carbons (Fsp3) is 0. The highest BCUT2D eigenvalue weighted by Crippen LogP contribution is 2.25. The van der Waals surface area contributed by atoms with Crippen molar-refractivity contribution < 1.29 is 0 Å². The van der Waals surface area contributed by atoms with Gasteiger partial charge in [-0.05, 0) is 0 Å². The van der Waals surface area contributed by atoms with E-state index in [2.05, 4.69) is 15.2 Å². The molecule has 0 fully saturated rings. The molecule has 0 spiro atoms. The minimum Gasteiger partial charge on any atom is -0.381 e. The Kier molecular flexibility index (Phi) is 0.877. The molecule has 0 saturated carbocycles. The van der Waals surface area contributed by atoms with Gasteiger partial charge >= 0.3 is 0 Å². The Hall–Kier alpha value is -1.30. The van der Waals surface area contributed by atoms with Crippen LogP contribution in [0.25, 0.3) is 10.3 Å². The standard InChI is InChI=1S/C4H5N5S/c5-2-1-3(9-8-2)7-4(6)10-1/h(H5,5,6,7,8,9). The first-order chi connectivity index (χ1) is 4.77. The van der Waals surface area contributed by atoms with Gasteiger partial charge in [0.2, 0.25) is 0 Å². The number of nitrogens with one attached hydrogen (secondary N) is 1. The van der Waals surface area contributed by atoms with Crippen molar-refractivity contribution in [3.8, 4) is 0 Å². The second-order valence-corrected chi connectivity index (χ2v) is 2.87. The molecule has 0 radical (unpaired) electrons. The van der Waals surface area contributed by atoms with E-state index in [9.17, 15) is 0 Å². The third-order valence-electron chi connectivity index (χ3n) is 1.16. The Morgan fingerprint density at radius 2 is 2.20 bits per heavy atom. The first-order valence-electron chi connectivity index (χ1n) is 2.63. The van der Waals surface area contributed by atoms with Gasteiger partial charge in [-0.25, -0.2) is 4.98 Å². The summed E-state index contributed by atoms with van der Waals surface area (Å²) >= 11 is 1.33. The van der Waals surface area contributed by atoms with Crippen LogP contribution in [0.5, 0.6) is 0 Å². The van der Waals surface area contributed by atoms with Gasteiger partial charge in [-0.15, -0.1) is 0 Å². The van der Waals surface area contributed by atoms with Gasteiger partial charge in [0.1, 0.15) is 4.70 Å². The Bertz CT molecular complexity index is 360. The Morgan fingerprint density at radius 1 is 1.40 bits per heavy atom. The average Bonchev–Trinajstić information content (AvgIpc) is 2.35. The highest BCUT2D eigenvalue weighted by molar-refractivity contribution is 7.22. The minimum absolute atomic E-state index is 0.462. The van der Waals surface area contributed by atoms with Gasteiger partial charge in [0.25, 0.3) is 0 Å². The number of aromatic nitrogens is 3. The highest BCUT2D eigenvalue weighted by atomic mass is 32.1. The number of hydrogen-bond acceptors (Lipinski definition) is 5. The monoisotopic (exact) mass is 155 g/mol. The van der Waals surface area contributed by atoms with Crippen LogP contribution in [-0.4, -0.2) is 15.2 Å². The number of nitrogens with zero attached hydrogens (tertiary/aromatic N) is 2. The number of nitrogen functional groups attached to an aromatic ring is 2. The van der Waals surface area contributed by atoms with Gasteiger partial charge < -0.3 is 11.5 Å². The van der Waals surface area contributed by atoms with Crippen molar-refractivity contribution in [1.82, 2.24) is 15.2 Å². The fourth-order valence-corrected chi connectivity index (χ4v) is 1.43. The maximum Gasteiger partial charge on any atom is 0.182 e. The van der Waals surface area contributed by atoms with Crippen molar-refractivity contribution in [3.05, 3.63) is 0 Å². The summed E-state index contributed by atoms with van der Waals surface area (Å²) < 4.78 is 0.831. The predicted molar refractivity (Wildman–Crippen MR) is 40.6 cm³/mol. The van der Waals surface area contributed by atoms with E-state index in [1.165, 1.54) is 11.3 Å². The summed E-state index contributed by atoms with van der Waals surface area (Å²) in [6.45, 7) is 0. The zero-order valence-corrected chi connectivity index (χ0v) is 5.77. The molecule has 2 rings (SSSR count). The molecule has 0 aliphatic heterocycles. The van der Waals surface area contributed by atoms with Crippen LogP contribution in [0.3, 0.4) is 0 Å². The Balaban J connectivity index is 2.90. The zero-order valence-electron chi connectivity index (χ0n) is 4.96. The van der Waals surface area contributed by atoms with Gasteiger partial charge in [-0.2, -0.15) is 5.10 Å². The first-order valence-corrected chi connectivity index (χ1v) is 3.45. The molecule has 0 aliphatic rings. The van der Waals surface area contributed by atoms with Crippen LogP contribution in [0.1, 0.15) is 0 Å². The Morgan fingerprint density at radius 3 is 2.90 bits per heavy atom. The maximum atomic E-state index is 5.46. The number of fused-ring (bicyclic) bond motifs is 1. The molecule has 0 aliphatic carbocycles. The zero-order chi connectivity index (χ0) is 7.14. The van der Waals surface area contributed by atoms with Crippen LogP contribution in [0.2, 0.25) is 0 Å². The number of rotatable bonds is 0. The predicted octanol–water partition coefficient (Wildman–Crippen LogP) is 0.184. The van der Waals surface area contributed by atoms with E-state index in [0.717, 1.165) is 4.70 Å². The van der Waals surface area contributed by atoms with Gasteiger partial charge in [-0.1, -0.05) is 11.3 Å². The third-order valence-corrected chi connectivity index (χ3v) is 2.07. The van der Waals surface area contributed by atoms with Crippen molar-refractivity contribution in [2.45, 2.75) is 0 Å². The van der Waals surface area contributed by atoms with Crippen molar-refractivity contribution in [2.24, 2.45) is 0 Å². The number of H-pyrrole nitrogens is 1. The lowest BCUT2D eigenvalue weighted by Crippen LogP contribution is -1.83. The van der Waals surface area contributed by atoms with Crippen molar-refractivity contribution in [3.63, 3.8) is 0 Å². The van der Waals surface area contributed by atoms with E-state index in [4.69, 9.17) is 11.5 Å². The lowest BCUT2D eigenvalue weighted by molar-refractivity contribution is 1.11. The van der Waals surface area contributed by atoms with Gasteiger partial charge in [0, 0.05) is 0 Å². The molecule has 0 aromatic carbocycles. The van der Waals surface area contributed by atoms with E-state index in [1.54, 1.807) is 0 Å². The van der Waals surface area contributed by atoms with E-state index >= 15 is 0 Å². The quantitative estimate of drug-likeness (QED) is 0.506. The van der Waals surface area contributed by atoms with Crippen molar-refractivity contribution >= 4 is 32.6 Å². The van der Waals surface area contributed by atoms with Gasteiger partial charge in [-0.3, -0.25) is 5.10 Å². The van der Waals surface area contributed by atoms with Crippen molar-refractivity contribution in [2.75, 3.05) is 11.5 Å². The molecule has 2 heterocycles. The van der Waals surface area contributed by atoms with Crippen LogP contribution >= 0.6 is 11.3 Å². The molecule has 2 aromatic heterocycles. The summed E-state index contributed by atoms with van der Waals surface area (Å²) in [5, 5.41) is 6.90. The molecule has 52 valence electrons. The topological polar surface area (TPSA) is 93.6 Å². The average molecular weight is 155 g/mol. The molecular weight excluding hydrogens is 150 g/mol. The molecule has 6 heteroatoms. The molecule has 0 amide bonds. The van der Waals surface area contributed by atoms with Crippen LogP contribution in [0, 0.1) is 0 Å². The molecule has 10 heavy (non-hydrogen) atoms. The summed E-state index contributed by atoms with van der Waals surface area (Å²) in [5.74, 6) is 0.462. The maximum absolute atomic E-state index is 5.46. The molecule has 5 nitrogen and oxygen atoms in total. The number of nitrogens with two attached hydrogens (primary N) is 2. The third kappa shape index (κ3) is 0.561. The second-order valence-electron chi connectivity index (χ2n) is 1.84. The molecular formula is C4H5N5S. The number of anilines is 2. The molecule has 0 atom stereocenters. The smallest absolute Gasteiger partial charge is 0.182 e. The molecule has 2 aromatic rings. The normalized spacial score (nSPS) is 10.8. The summed E-state index contributed by atoms with van der Waals surface area (Å²) in [7, 11) is 0. The largest absolute Gasteiger partial charge is 0.381 e. The summed E-state index contributed by atoms with van der Waals surface area (Å²) in [6.07, 6.45) is 0. The van der Waals surface area contributed by atoms with Crippen molar-refractivity contribution in [1.29, 1.82) is 0 Å². The second kappa shape index (κ2) is 1.60. The SMILES string of the molecule is Nc1nc2[nH]nc(N)c2s1. The van der Waals surface area contributed by atoms with Crippen LogP contribution in [-0.2, 0) is 0 Å². The van der Waals surface area contributed by atoms with Crippen LogP contribution in [0.4, 0.5) is 10.9 Å². The lowest BCUT2D eigenvalue weighted by Gasteiger charge is -1.76. The molecule has 0 bridgehead atoms. The fourth-order valence-electron chi connectivity index (χ4n) is 0.750. The summed E-state index contributed by atoms with van der Waals surface area (Å²) in [4.78, 5) is 3.93. The number of thiazole rings is 1. The van der Waals surface area contributed by atoms with Crippen LogP contribution in [0.15, 0.2) is 0 Å². The van der Waals surface area contributed by atoms with E-state index in [0.29, 0.717) is 16.6 Å². The van der Waals surface area contributed by atoms with Gasteiger partial charge in [0.15, 0.2) is 16.6 Å². The molecule has 5 N–H and O–H groups in total. The first kappa shape index (κ1) is 5.48. The molecule has 0 saturated heterocycles. The van der Waals surface area contributed by atoms with E-state index in [1.807, 2.05) is 0 Å². The van der Waals surface area contributed by atoms with Crippen LogP contribution < -0.4 is 11.5 Å². The summed E-state index contributed by atoms with van der Waals surface area (Å²) in [5.41, 5.74) is 11.5. The van der Waals surface area contributed by atoms with E-state index in [-0.39, 0.29) is 0 Å².